The van der Waals surface area contributed by atoms with E-state index in [1.807, 2.05) is 25.7 Å². The van der Waals surface area contributed by atoms with Crippen LogP contribution in [0.3, 0.4) is 0 Å². The lowest BCUT2D eigenvalue weighted by atomic mass is 9.72. The number of likely N-dealkylation sites (tertiary alicyclic amines) is 1. The lowest BCUT2D eigenvalue weighted by Gasteiger charge is -2.44. The second-order valence-corrected chi connectivity index (χ2v) is 7.42. The minimum absolute atomic E-state index is 0.160. The lowest BCUT2D eigenvalue weighted by molar-refractivity contribution is -0.00179. The summed E-state index contributed by atoms with van der Waals surface area (Å²) in [7, 11) is 0. The fraction of sp³-hybridized carbons (Fsp3) is 0.933. The molecule has 1 aliphatic heterocycles. The molecule has 2 unspecified atom stereocenters. The van der Waals surface area contributed by atoms with Crippen molar-refractivity contribution in [1.82, 2.24) is 4.90 Å². The van der Waals surface area contributed by atoms with Gasteiger partial charge < -0.3 is 9.64 Å². The first-order valence-electron chi connectivity index (χ1n) is 7.40. The van der Waals surface area contributed by atoms with Gasteiger partial charge in [-0.25, -0.2) is 4.79 Å². The molecule has 0 aromatic carbocycles. The van der Waals surface area contributed by atoms with Crippen LogP contribution in [0.15, 0.2) is 0 Å². The van der Waals surface area contributed by atoms with Crippen LogP contribution >= 0.6 is 11.6 Å². The largest absolute Gasteiger partial charge is 0.444 e. The number of halogens is 1. The zero-order valence-corrected chi connectivity index (χ0v) is 13.1. The van der Waals surface area contributed by atoms with Gasteiger partial charge in [-0.3, -0.25) is 0 Å². The van der Waals surface area contributed by atoms with Crippen LogP contribution in [0.1, 0.15) is 52.9 Å². The minimum atomic E-state index is -0.413. The van der Waals surface area contributed by atoms with Gasteiger partial charge >= 0.3 is 6.09 Å². The highest BCUT2D eigenvalue weighted by atomic mass is 35.5. The Morgan fingerprint density at radius 2 is 2.05 bits per heavy atom. The highest BCUT2D eigenvalue weighted by Crippen LogP contribution is 2.49. The molecule has 0 aromatic rings. The van der Waals surface area contributed by atoms with Crippen molar-refractivity contribution < 1.29 is 9.53 Å². The number of carbonyl (C=O) groups is 1. The van der Waals surface area contributed by atoms with Crippen molar-refractivity contribution >= 4 is 17.7 Å². The highest BCUT2D eigenvalue weighted by Gasteiger charge is 2.46. The van der Waals surface area contributed by atoms with E-state index in [1.165, 1.54) is 25.7 Å². The van der Waals surface area contributed by atoms with Crippen molar-refractivity contribution in [3.05, 3.63) is 0 Å². The van der Waals surface area contributed by atoms with Crippen molar-refractivity contribution in [2.24, 2.45) is 11.3 Å². The maximum Gasteiger partial charge on any atom is 0.410 e. The molecule has 2 rings (SSSR count). The average molecular weight is 288 g/mol. The third-order valence-corrected chi connectivity index (χ3v) is 4.91. The smallest absolute Gasteiger partial charge is 0.410 e. The predicted molar refractivity (Wildman–Crippen MR) is 77.5 cm³/mol. The van der Waals surface area contributed by atoms with Crippen molar-refractivity contribution in [1.29, 1.82) is 0 Å². The highest BCUT2D eigenvalue weighted by molar-refractivity contribution is 6.18. The topological polar surface area (TPSA) is 29.5 Å². The Bertz CT molecular complexity index is 340. The van der Waals surface area contributed by atoms with Gasteiger partial charge in [-0.2, -0.15) is 0 Å². The summed E-state index contributed by atoms with van der Waals surface area (Å²) in [6.07, 6.45) is 5.80. The normalized spacial score (nSPS) is 31.8. The molecule has 2 fully saturated rings. The number of piperidine rings is 1. The molecule has 1 saturated heterocycles. The fourth-order valence-corrected chi connectivity index (χ4v) is 4.11. The van der Waals surface area contributed by atoms with Gasteiger partial charge in [0.1, 0.15) is 5.60 Å². The Balaban J connectivity index is 2.03. The zero-order valence-electron chi connectivity index (χ0n) is 12.4. The molecule has 110 valence electrons. The first-order valence-corrected chi connectivity index (χ1v) is 7.94. The number of hydrogen-bond donors (Lipinski definition) is 0. The van der Waals surface area contributed by atoms with E-state index in [9.17, 15) is 4.79 Å². The monoisotopic (exact) mass is 287 g/mol. The van der Waals surface area contributed by atoms with E-state index in [4.69, 9.17) is 16.3 Å². The molecule has 0 bridgehead atoms. The molecular weight excluding hydrogens is 262 g/mol. The molecular formula is C15H26ClNO2. The Kier molecular flexibility index (Phi) is 4.34. The SMILES string of the molecule is CC(C)(C)OC(=O)N1CCCC2(CCCC2CCl)C1. The summed E-state index contributed by atoms with van der Waals surface area (Å²) in [5.41, 5.74) is -0.153. The van der Waals surface area contributed by atoms with E-state index in [-0.39, 0.29) is 11.5 Å². The minimum Gasteiger partial charge on any atom is -0.444 e. The van der Waals surface area contributed by atoms with Gasteiger partial charge in [0.2, 0.25) is 0 Å². The number of hydrogen-bond acceptors (Lipinski definition) is 2. The van der Waals surface area contributed by atoms with Gasteiger partial charge in [0.05, 0.1) is 0 Å². The number of ether oxygens (including phenoxy) is 1. The Morgan fingerprint density at radius 3 is 2.68 bits per heavy atom. The van der Waals surface area contributed by atoms with Crippen LogP contribution in [-0.4, -0.2) is 35.6 Å². The van der Waals surface area contributed by atoms with Crippen LogP contribution in [0.25, 0.3) is 0 Å². The summed E-state index contributed by atoms with van der Waals surface area (Å²) in [5.74, 6) is 1.29. The zero-order chi connectivity index (χ0) is 14.1. The van der Waals surface area contributed by atoms with E-state index in [0.717, 1.165) is 25.4 Å². The van der Waals surface area contributed by atoms with Gasteiger partial charge in [-0.15, -0.1) is 11.6 Å². The number of alkyl halides is 1. The van der Waals surface area contributed by atoms with Gasteiger partial charge in [0, 0.05) is 19.0 Å². The molecule has 2 atom stereocenters. The molecule has 2 aliphatic rings. The Morgan fingerprint density at radius 1 is 1.37 bits per heavy atom. The summed E-state index contributed by atoms with van der Waals surface area (Å²) in [4.78, 5) is 14.1. The summed E-state index contributed by atoms with van der Waals surface area (Å²) in [5, 5.41) is 0. The van der Waals surface area contributed by atoms with Crippen molar-refractivity contribution in [2.45, 2.75) is 58.5 Å². The van der Waals surface area contributed by atoms with E-state index < -0.39 is 5.60 Å². The third-order valence-electron chi connectivity index (χ3n) is 4.54. The summed E-state index contributed by atoms with van der Waals surface area (Å²) in [6, 6.07) is 0. The predicted octanol–water partition coefficient (Wildman–Crippen LogP) is 4.04. The number of amides is 1. The van der Waals surface area contributed by atoms with Crippen molar-refractivity contribution in [3.63, 3.8) is 0 Å². The number of rotatable bonds is 1. The average Bonchev–Trinajstić information content (AvgIpc) is 2.69. The second-order valence-electron chi connectivity index (χ2n) is 7.11. The van der Waals surface area contributed by atoms with Crippen molar-refractivity contribution in [3.8, 4) is 0 Å². The summed E-state index contributed by atoms with van der Waals surface area (Å²) < 4.78 is 5.50. The van der Waals surface area contributed by atoms with Crippen LogP contribution < -0.4 is 0 Å². The van der Waals surface area contributed by atoms with Crippen LogP contribution in [0.2, 0.25) is 0 Å². The maximum absolute atomic E-state index is 12.2. The molecule has 1 spiro atoms. The molecule has 19 heavy (non-hydrogen) atoms. The maximum atomic E-state index is 12.2. The fourth-order valence-electron chi connectivity index (χ4n) is 3.63. The standard InChI is InChI=1S/C15H26ClNO2/c1-14(2,3)19-13(18)17-9-5-8-15(11-17)7-4-6-12(15)10-16/h12H,4-11H2,1-3H3. The Labute approximate surface area is 121 Å². The lowest BCUT2D eigenvalue weighted by Crippen LogP contribution is -2.49. The van der Waals surface area contributed by atoms with E-state index in [0.29, 0.717) is 5.92 Å². The van der Waals surface area contributed by atoms with Crippen LogP contribution in [0.5, 0.6) is 0 Å². The van der Waals surface area contributed by atoms with Crippen LogP contribution in [0, 0.1) is 11.3 Å². The van der Waals surface area contributed by atoms with Crippen molar-refractivity contribution in [2.75, 3.05) is 19.0 Å². The quantitative estimate of drug-likeness (QED) is 0.681. The van der Waals surface area contributed by atoms with E-state index in [2.05, 4.69) is 0 Å². The van der Waals surface area contributed by atoms with Gasteiger partial charge in [0.25, 0.3) is 0 Å². The Hall–Kier alpha value is -0.440. The third kappa shape index (κ3) is 3.36. The van der Waals surface area contributed by atoms with Crippen LogP contribution in [-0.2, 0) is 4.74 Å². The van der Waals surface area contributed by atoms with Gasteiger partial charge in [-0.1, -0.05) is 6.42 Å². The molecule has 1 saturated carbocycles. The molecule has 1 amide bonds. The molecule has 0 radical (unpaired) electrons. The van der Waals surface area contributed by atoms with Gasteiger partial charge in [-0.05, 0) is 57.8 Å². The number of carbonyl (C=O) groups excluding carboxylic acids is 1. The van der Waals surface area contributed by atoms with E-state index in [1.54, 1.807) is 0 Å². The molecule has 1 aliphatic carbocycles. The summed E-state index contributed by atoms with van der Waals surface area (Å²) >= 11 is 6.13. The van der Waals surface area contributed by atoms with Crippen LogP contribution in [0.4, 0.5) is 4.79 Å². The van der Waals surface area contributed by atoms with E-state index >= 15 is 0 Å². The molecule has 0 aromatic heterocycles. The molecule has 3 nitrogen and oxygen atoms in total. The summed E-state index contributed by atoms with van der Waals surface area (Å²) in [6.45, 7) is 7.41. The number of nitrogens with zero attached hydrogens (tertiary/aromatic N) is 1. The molecule has 1 heterocycles. The molecule has 0 N–H and O–H groups in total. The molecule has 4 heteroatoms. The first-order chi connectivity index (χ1) is 8.86. The second kappa shape index (κ2) is 5.51. The van der Waals surface area contributed by atoms with Gasteiger partial charge in [0.15, 0.2) is 0 Å². The first kappa shape index (κ1) is 15.0.